The molecule has 154 valence electrons. The Hall–Kier alpha value is -2.84. The first-order valence-corrected chi connectivity index (χ1v) is 8.91. The summed E-state index contributed by atoms with van der Waals surface area (Å²) in [7, 11) is 0. The Labute approximate surface area is 166 Å². The standard InChI is InChI=1S/C21H20F2O6/c1-13-8-6-7-11-16(13)18(25)28-20-21(22,23)17(19(29-20)27-14(2)24)26-12-15-9-4-3-5-10-15/h3-11,17,19-20H,12H2,1-2H3/t17-,19?,20-/m0/s1. The summed E-state index contributed by atoms with van der Waals surface area (Å²) >= 11 is 0. The van der Waals surface area contributed by atoms with E-state index in [-0.39, 0.29) is 12.2 Å². The van der Waals surface area contributed by atoms with Gasteiger partial charge in [-0.15, -0.1) is 0 Å². The molecule has 0 amide bonds. The number of benzene rings is 2. The summed E-state index contributed by atoms with van der Waals surface area (Å²) in [6, 6.07) is 15.0. The van der Waals surface area contributed by atoms with Gasteiger partial charge >= 0.3 is 17.9 Å². The van der Waals surface area contributed by atoms with E-state index in [0.29, 0.717) is 11.1 Å². The maximum atomic E-state index is 14.9. The number of carbonyl (C=O) groups excluding carboxylic acids is 2. The summed E-state index contributed by atoms with van der Waals surface area (Å²) in [5.41, 5.74) is 1.34. The van der Waals surface area contributed by atoms with Gasteiger partial charge in [0.1, 0.15) is 0 Å². The Morgan fingerprint density at radius 1 is 1.03 bits per heavy atom. The second-order valence-corrected chi connectivity index (χ2v) is 6.56. The predicted molar refractivity (Wildman–Crippen MR) is 97.0 cm³/mol. The predicted octanol–water partition coefficient (Wildman–Crippen LogP) is 3.62. The van der Waals surface area contributed by atoms with Crippen LogP contribution < -0.4 is 0 Å². The van der Waals surface area contributed by atoms with Crippen molar-refractivity contribution >= 4 is 11.9 Å². The Morgan fingerprint density at radius 2 is 1.69 bits per heavy atom. The molecule has 0 saturated carbocycles. The third-order valence-electron chi connectivity index (χ3n) is 4.33. The first-order valence-electron chi connectivity index (χ1n) is 8.91. The number of aryl methyl sites for hydroxylation is 1. The lowest BCUT2D eigenvalue weighted by Crippen LogP contribution is -2.44. The molecule has 29 heavy (non-hydrogen) atoms. The highest BCUT2D eigenvalue weighted by atomic mass is 19.3. The number of hydrogen-bond donors (Lipinski definition) is 0. The number of hydrogen-bond acceptors (Lipinski definition) is 6. The van der Waals surface area contributed by atoms with Crippen LogP contribution in [0.2, 0.25) is 0 Å². The van der Waals surface area contributed by atoms with Gasteiger partial charge < -0.3 is 14.2 Å². The molecule has 6 nitrogen and oxygen atoms in total. The van der Waals surface area contributed by atoms with Gasteiger partial charge in [0, 0.05) is 6.92 Å². The molecule has 3 rings (SSSR count). The van der Waals surface area contributed by atoms with Crippen molar-refractivity contribution < 1.29 is 37.3 Å². The maximum absolute atomic E-state index is 14.9. The lowest BCUT2D eigenvalue weighted by atomic mass is 10.1. The fraction of sp³-hybridized carbons (Fsp3) is 0.333. The molecule has 1 aliphatic rings. The largest absolute Gasteiger partial charge is 0.433 e. The van der Waals surface area contributed by atoms with Crippen molar-refractivity contribution in [3.05, 3.63) is 71.3 Å². The van der Waals surface area contributed by atoms with Gasteiger partial charge in [0.2, 0.25) is 6.29 Å². The zero-order valence-electron chi connectivity index (χ0n) is 15.8. The lowest BCUT2D eigenvalue weighted by molar-refractivity contribution is -0.219. The molecule has 2 aromatic carbocycles. The third-order valence-corrected chi connectivity index (χ3v) is 4.33. The van der Waals surface area contributed by atoms with E-state index < -0.39 is 36.5 Å². The first kappa shape index (κ1) is 20.9. The van der Waals surface area contributed by atoms with Crippen molar-refractivity contribution in [3.63, 3.8) is 0 Å². The zero-order chi connectivity index (χ0) is 21.0. The van der Waals surface area contributed by atoms with E-state index in [9.17, 15) is 18.4 Å². The van der Waals surface area contributed by atoms with Gasteiger partial charge in [-0.05, 0) is 24.1 Å². The Balaban J connectivity index is 1.77. The van der Waals surface area contributed by atoms with Gasteiger partial charge in [0.25, 0.3) is 6.29 Å². The Morgan fingerprint density at radius 3 is 2.34 bits per heavy atom. The molecule has 0 radical (unpaired) electrons. The van der Waals surface area contributed by atoms with Crippen molar-refractivity contribution in [1.29, 1.82) is 0 Å². The van der Waals surface area contributed by atoms with Crippen LogP contribution in [0.1, 0.15) is 28.4 Å². The molecule has 1 fully saturated rings. The van der Waals surface area contributed by atoms with E-state index in [1.54, 1.807) is 55.5 Å². The lowest BCUT2D eigenvalue weighted by Gasteiger charge is -2.23. The number of esters is 2. The summed E-state index contributed by atoms with van der Waals surface area (Å²) in [6.45, 7) is 2.54. The average Bonchev–Trinajstić information content (AvgIpc) is 2.89. The minimum Gasteiger partial charge on any atom is -0.433 e. The number of carbonyl (C=O) groups is 2. The van der Waals surface area contributed by atoms with Crippen LogP contribution in [0.3, 0.4) is 0 Å². The quantitative estimate of drug-likeness (QED) is 0.683. The fourth-order valence-electron chi connectivity index (χ4n) is 2.87. The molecule has 0 aliphatic carbocycles. The van der Waals surface area contributed by atoms with Crippen LogP contribution in [-0.4, -0.2) is 36.5 Å². The van der Waals surface area contributed by atoms with E-state index in [4.69, 9.17) is 18.9 Å². The van der Waals surface area contributed by atoms with Crippen LogP contribution >= 0.6 is 0 Å². The van der Waals surface area contributed by atoms with Crippen LogP contribution in [0.25, 0.3) is 0 Å². The minimum absolute atomic E-state index is 0.129. The molecule has 1 aliphatic heterocycles. The van der Waals surface area contributed by atoms with Gasteiger partial charge in [0.05, 0.1) is 12.2 Å². The molecule has 0 spiro atoms. The smallest absolute Gasteiger partial charge is 0.340 e. The molecule has 1 heterocycles. The first-order chi connectivity index (χ1) is 13.8. The van der Waals surface area contributed by atoms with Crippen LogP contribution in [0.5, 0.6) is 0 Å². The molecule has 0 N–H and O–H groups in total. The maximum Gasteiger partial charge on any atom is 0.340 e. The van der Waals surface area contributed by atoms with E-state index in [2.05, 4.69) is 0 Å². The molecular formula is C21H20F2O6. The summed E-state index contributed by atoms with van der Waals surface area (Å²) in [6.07, 6.45) is -5.93. The van der Waals surface area contributed by atoms with Crippen molar-refractivity contribution in [2.45, 2.75) is 45.1 Å². The van der Waals surface area contributed by atoms with Crippen LogP contribution in [0, 0.1) is 6.92 Å². The zero-order valence-corrected chi connectivity index (χ0v) is 15.8. The highest BCUT2D eigenvalue weighted by molar-refractivity contribution is 5.91. The summed E-state index contributed by atoms with van der Waals surface area (Å²) in [5.74, 6) is -5.55. The molecule has 3 atom stereocenters. The van der Waals surface area contributed by atoms with E-state index in [1.807, 2.05) is 0 Å². The Kier molecular flexibility index (Phi) is 6.24. The van der Waals surface area contributed by atoms with E-state index in [1.165, 1.54) is 6.07 Å². The van der Waals surface area contributed by atoms with Crippen LogP contribution in [0.15, 0.2) is 54.6 Å². The third kappa shape index (κ3) is 4.78. The van der Waals surface area contributed by atoms with Crippen molar-refractivity contribution in [2.75, 3.05) is 0 Å². The fourth-order valence-corrected chi connectivity index (χ4v) is 2.87. The highest BCUT2D eigenvalue weighted by Gasteiger charge is 2.63. The van der Waals surface area contributed by atoms with Gasteiger partial charge in [-0.2, -0.15) is 8.78 Å². The number of alkyl halides is 2. The molecular weight excluding hydrogens is 386 g/mol. The minimum atomic E-state index is -3.74. The molecule has 1 saturated heterocycles. The summed E-state index contributed by atoms with van der Waals surface area (Å²) in [4.78, 5) is 23.7. The molecule has 2 aromatic rings. The van der Waals surface area contributed by atoms with Gasteiger partial charge in [-0.3, -0.25) is 9.53 Å². The SMILES string of the molecule is CC(=O)OC1O[C@H](OC(=O)c2ccccc2C)C(F)(F)[C@H]1OCc1ccccc1. The molecule has 0 aromatic heterocycles. The van der Waals surface area contributed by atoms with E-state index >= 15 is 0 Å². The Bertz CT molecular complexity index is 870. The van der Waals surface area contributed by atoms with Crippen LogP contribution in [0.4, 0.5) is 8.78 Å². The van der Waals surface area contributed by atoms with Crippen molar-refractivity contribution in [2.24, 2.45) is 0 Å². The average molecular weight is 406 g/mol. The second-order valence-electron chi connectivity index (χ2n) is 6.56. The van der Waals surface area contributed by atoms with Crippen molar-refractivity contribution in [1.82, 2.24) is 0 Å². The second kappa shape index (κ2) is 8.67. The van der Waals surface area contributed by atoms with Gasteiger partial charge in [0.15, 0.2) is 6.10 Å². The monoisotopic (exact) mass is 406 g/mol. The van der Waals surface area contributed by atoms with Gasteiger partial charge in [-0.25, -0.2) is 4.79 Å². The molecule has 1 unspecified atom stereocenters. The number of ether oxygens (including phenoxy) is 4. The number of halogens is 2. The topological polar surface area (TPSA) is 71.1 Å². The number of rotatable bonds is 6. The van der Waals surface area contributed by atoms with Crippen LogP contribution in [-0.2, 0) is 30.3 Å². The normalized spacial score (nSPS) is 22.8. The van der Waals surface area contributed by atoms with Gasteiger partial charge in [-0.1, -0.05) is 48.5 Å². The van der Waals surface area contributed by atoms with Crippen molar-refractivity contribution in [3.8, 4) is 0 Å². The molecule has 8 heteroatoms. The highest BCUT2D eigenvalue weighted by Crippen LogP contribution is 2.40. The molecule has 0 bridgehead atoms. The van der Waals surface area contributed by atoms with E-state index in [0.717, 1.165) is 6.92 Å². The summed E-state index contributed by atoms with van der Waals surface area (Å²) in [5, 5.41) is 0. The summed E-state index contributed by atoms with van der Waals surface area (Å²) < 4.78 is 50.0.